The fourth-order valence-electron chi connectivity index (χ4n) is 3.01. The van der Waals surface area contributed by atoms with Gasteiger partial charge in [-0.3, -0.25) is 4.90 Å². The van der Waals surface area contributed by atoms with Crippen molar-refractivity contribution < 1.29 is 9.53 Å². The van der Waals surface area contributed by atoms with E-state index in [1.165, 1.54) is 24.8 Å². The fraction of sp³-hybridized carbons (Fsp3) is 0.550. The maximum Gasteiger partial charge on any atom is 0.414 e. The van der Waals surface area contributed by atoms with Crippen molar-refractivity contribution >= 4 is 6.09 Å². The molecule has 1 aliphatic rings. The molecule has 0 radical (unpaired) electrons. The van der Waals surface area contributed by atoms with Crippen LogP contribution in [0.3, 0.4) is 0 Å². The number of rotatable bonds is 6. The summed E-state index contributed by atoms with van der Waals surface area (Å²) in [6.45, 7) is 5.54. The van der Waals surface area contributed by atoms with Gasteiger partial charge in [0.2, 0.25) is 0 Å². The highest BCUT2D eigenvalue weighted by atomic mass is 16.6. The average Bonchev–Trinajstić information content (AvgIpc) is 2.61. The lowest BCUT2D eigenvalue weighted by atomic mass is 9.90. The highest BCUT2D eigenvalue weighted by Gasteiger charge is 2.18. The molecule has 4 nitrogen and oxygen atoms in total. The number of hydrogen-bond donors (Lipinski definition) is 0. The van der Waals surface area contributed by atoms with Gasteiger partial charge in [-0.25, -0.2) is 4.79 Å². The predicted molar refractivity (Wildman–Crippen MR) is 97.1 cm³/mol. The first-order valence-corrected chi connectivity index (χ1v) is 8.80. The lowest BCUT2D eigenvalue weighted by Crippen LogP contribution is -2.34. The van der Waals surface area contributed by atoms with Gasteiger partial charge in [0.15, 0.2) is 0 Å². The molecule has 0 aromatic heterocycles. The van der Waals surface area contributed by atoms with Crippen LogP contribution in [-0.4, -0.2) is 49.1 Å². The molecule has 0 atom stereocenters. The van der Waals surface area contributed by atoms with Crippen LogP contribution >= 0.6 is 0 Å². The van der Waals surface area contributed by atoms with Crippen molar-refractivity contribution in [2.75, 3.05) is 33.2 Å². The van der Waals surface area contributed by atoms with E-state index in [1.54, 1.807) is 11.9 Å². The Morgan fingerprint density at radius 2 is 2.17 bits per heavy atom. The zero-order valence-corrected chi connectivity index (χ0v) is 14.8. The minimum atomic E-state index is -0.310. The van der Waals surface area contributed by atoms with Crippen LogP contribution in [0.5, 0.6) is 5.75 Å². The van der Waals surface area contributed by atoms with Gasteiger partial charge in [0, 0.05) is 13.6 Å². The molecule has 1 amide bonds. The summed E-state index contributed by atoms with van der Waals surface area (Å²) < 4.78 is 5.40. The van der Waals surface area contributed by atoms with E-state index in [9.17, 15) is 4.79 Å². The number of ether oxygens (including phenoxy) is 1. The van der Waals surface area contributed by atoms with Crippen molar-refractivity contribution in [3.05, 3.63) is 29.8 Å². The standard InChI is InChI=1S/C20H28N2O2/c1-4-13-22-14-11-17(12-15-22)9-10-18-7-6-8-19(16-18)24-20(23)21(3)5-2/h1,6-8,16-17H,5,9-15H2,2-3H3. The molecule has 1 aromatic carbocycles. The third kappa shape index (κ3) is 5.58. The Kier molecular flexibility index (Phi) is 7.14. The van der Waals surface area contributed by atoms with E-state index in [2.05, 4.69) is 16.9 Å². The number of benzene rings is 1. The summed E-state index contributed by atoms with van der Waals surface area (Å²) in [6, 6.07) is 7.88. The van der Waals surface area contributed by atoms with Crippen LogP contribution in [-0.2, 0) is 6.42 Å². The third-order valence-electron chi connectivity index (χ3n) is 4.75. The van der Waals surface area contributed by atoms with E-state index in [4.69, 9.17) is 11.2 Å². The number of amides is 1. The van der Waals surface area contributed by atoms with E-state index >= 15 is 0 Å². The van der Waals surface area contributed by atoms with Gasteiger partial charge >= 0.3 is 6.09 Å². The number of carbonyl (C=O) groups excluding carboxylic acids is 1. The van der Waals surface area contributed by atoms with Crippen molar-refractivity contribution in [2.45, 2.75) is 32.6 Å². The van der Waals surface area contributed by atoms with Crippen molar-refractivity contribution in [3.63, 3.8) is 0 Å². The molecular weight excluding hydrogens is 300 g/mol. The highest BCUT2D eigenvalue weighted by Crippen LogP contribution is 2.23. The van der Waals surface area contributed by atoms with Crippen LogP contribution in [0.2, 0.25) is 0 Å². The number of carbonyl (C=O) groups is 1. The average molecular weight is 328 g/mol. The quantitative estimate of drug-likeness (QED) is 0.750. The second-order valence-electron chi connectivity index (χ2n) is 6.49. The van der Waals surface area contributed by atoms with Crippen molar-refractivity contribution in [3.8, 4) is 18.1 Å². The van der Waals surface area contributed by atoms with Gasteiger partial charge in [-0.2, -0.15) is 0 Å². The second kappa shape index (κ2) is 9.34. The van der Waals surface area contributed by atoms with Crippen molar-refractivity contribution in [2.24, 2.45) is 5.92 Å². The Balaban J connectivity index is 1.80. The Hall–Kier alpha value is -1.99. The molecule has 2 rings (SSSR count). The second-order valence-corrected chi connectivity index (χ2v) is 6.49. The van der Waals surface area contributed by atoms with Crippen LogP contribution in [0.4, 0.5) is 4.79 Å². The molecule has 1 aliphatic heterocycles. The Morgan fingerprint density at radius 1 is 1.42 bits per heavy atom. The summed E-state index contributed by atoms with van der Waals surface area (Å²) in [7, 11) is 1.73. The minimum Gasteiger partial charge on any atom is -0.410 e. The molecule has 0 spiro atoms. The molecule has 0 unspecified atom stereocenters. The van der Waals surface area contributed by atoms with Crippen LogP contribution in [0.25, 0.3) is 0 Å². The van der Waals surface area contributed by atoms with Crippen molar-refractivity contribution in [1.82, 2.24) is 9.80 Å². The van der Waals surface area contributed by atoms with Gasteiger partial charge in [0.1, 0.15) is 5.75 Å². The van der Waals surface area contributed by atoms with E-state index < -0.39 is 0 Å². The van der Waals surface area contributed by atoms with Crippen LogP contribution in [0.15, 0.2) is 24.3 Å². The maximum absolute atomic E-state index is 11.8. The van der Waals surface area contributed by atoms with Crippen molar-refractivity contribution in [1.29, 1.82) is 0 Å². The number of hydrogen-bond acceptors (Lipinski definition) is 3. The van der Waals surface area contributed by atoms with Gasteiger partial charge in [0.05, 0.1) is 6.54 Å². The Morgan fingerprint density at radius 3 is 2.83 bits per heavy atom. The van der Waals surface area contributed by atoms with Gasteiger partial charge in [-0.15, -0.1) is 6.42 Å². The summed E-state index contributed by atoms with van der Waals surface area (Å²) in [6.07, 6.45) is 9.70. The molecule has 1 fully saturated rings. The van der Waals surface area contributed by atoms with Gasteiger partial charge in [0.25, 0.3) is 0 Å². The van der Waals surface area contributed by atoms with E-state index in [-0.39, 0.29) is 6.09 Å². The maximum atomic E-state index is 11.8. The Labute approximate surface area is 145 Å². The number of aryl methyl sites for hydroxylation is 1. The monoisotopic (exact) mass is 328 g/mol. The molecular formula is C20H28N2O2. The first-order chi connectivity index (χ1) is 11.6. The zero-order chi connectivity index (χ0) is 17.4. The third-order valence-corrected chi connectivity index (χ3v) is 4.75. The summed E-state index contributed by atoms with van der Waals surface area (Å²) in [5.41, 5.74) is 1.23. The highest BCUT2D eigenvalue weighted by molar-refractivity contribution is 5.70. The lowest BCUT2D eigenvalue weighted by Gasteiger charge is -2.30. The molecule has 24 heavy (non-hydrogen) atoms. The van der Waals surface area contributed by atoms with Gasteiger partial charge < -0.3 is 9.64 Å². The summed E-state index contributed by atoms with van der Waals surface area (Å²) in [5, 5.41) is 0. The first-order valence-electron chi connectivity index (χ1n) is 8.80. The molecule has 130 valence electrons. The Bertz CT molecular complexity index is 571. The topological polar surface area (TPSA) is 32.8 Å². The van der Waals surface area contributed by atoms with E-state index in [0.717, 1.165) is 32.0 Å². The van der Waals surface area contributed by atoms with Gasteiger partial charge in [-0.05, 0) is 69.3 Å². The number of nitrogens with zero attached hydrogens (tertiary/aromatic N) is 2. The molecule has 0 aliphatic carbocycles. The van der Waals surface area contributed by atoms with Crippen LogP contribution < -0.4 is 4.74 Å². The predicted octanol–water partition coefficient (Wildman–Crippen LogP) is 3.41. The zero-order valence-electron chi connectivity index (χ0n) is 14.8. The summed E-state index contributed by atoms with van der Waals surface area (Å²) >= 11 is 0. The SMILES string of the molecule is C#CCN1CCC(CCc2cccc(OC(=O)N(C)CC)c2)CC1. The first kappa shape index (κ1) is 18.4. The molecule has 1 heterocycles. The van der Waals surface area contributed by atoms with E-state index in [0.29, 0.717) is 12.3 Å². The number of likely N-dealkylation sites (tertiary alicyclic amines) is 1. The van der Waals surface area contributed by atoms with Crippen LogP contribution in [0.1, 0.15) is 31.7 Å². The lowest BCUT2D eigenvalue weighted by molar-refractivity contribution is 0.165. The van der Waals surface area contributed by atoms with E-state index in [1.807, 2.05) is 25.1 Å². The largest absolute Gasteiger partial charge is 0.414 e. The molecule has 1 saturated heterocycles. The normalized spacial score (nSPS) is 15.7. The summed E-state index contributed by atoms with van der Waals surface area (Å²) in [5.74, 6) is 4.11. The smallest absolute Gasteiger partial charge is 0.410 e. The minimum absolute atomic E-state index is 0.310. The molecule has 4 heteroatoms. The molecule has 0 saturated carbocycles. The number of piperidine rings is 1. The van der Waals surface area contributed by atoms with Gasteiger partial charge in [-0.1, -0.05) is 18.1 Å². The number of terminal acetylenes is 1. The molecule has 0 bridgehead atoms. The van der Waals surface area contributed by atoms with Crippen LogP contribution in [0, 0.1) is 18.3 Å². The molecule has 1 aromatic rings. The fourth-order valence-corrected chi connectivity index (χ4v) is 3.01. The summed E-state index contributed by atoms with van der Waals surface area (Å²) in [4.78, 5) is 15.7. The molecule has 0 N–H and O–H groups in total.